The van der Waals surface area contributed by atoms with E-state index in [4.69, 9.17) is 14.3 Å². The van der Waals surface area contributed by atoms with Crippen molar-refractivity contribution in [2.45, 2.75) is 30.6 Å². The Bertz CT molecular complexity index is 1100. The quantitative estimate of drug-likeness (QED) is 0.422. The van der Waals surface area contributed by atoms with Gasteiger partial charge >= 0.3 is 0 Å². The Morgan fingerprint density at radius 2 is 2.23 bits per heavy atom. The Kier molecular flexibility index (Phi) is 6.15. The molecule has 4 rings (SSSR count). The molecule has 1 fully saturated rings. The number of fused-ring (bicyclic) bond motifs is 1. The minimum absolute atomic E-state index is 0.137. The van der Waals surface area contributed by atoms with Crippen molar-refractivity contribution in [3.05, 3.63) is 54.2 Å². The number of carbonyl (C=O) groups excluding carboxylic acids is 1. The number of nitrogens with one attached hydrogen (secondary N) is 2. The third-order valence-corrected chi connectivity index (χ3v) is 5.48. The van der Waals surface area contributed by atoms with Gasteiger partial charge in [-0.15, -0.1) is 11.8 Å². The average molecular weight is 447 g/mol. The first-order valence-electron chi connectivity index (χ1n) is 9.66. The minimum Gasteiger partial charge on any atom is -0.348 e. The molecule has 1 aliphatic heterocycles. The maximum Gasteiger partial charge on any atom is 0.278 e. The van der Waals surface area contributed by atoms with Gasteiger partial charge in [-0.2, -0.15) is 0 Å². The lowest BCUT2D eigenvalue weighted by Gasteiger charge is -2.17. The molecule has 2 N–H and O–H groups in total. The molecule has 2 aromatic heterocycles. The van der Waals surface area contributed by atoms with Crippen LogP contribution in [0.3, 0.4) is 0 Å². The van der Waals surface area contributed by atoms with Crippen molar-refractivity contribution in [2.24, 2.45) is 0 Å². The van der Waals surface area contributed by atoms with Crippen molar-refractivity contribution in [1.29, 1.82) is 0 Å². The highest BCUT2D eigenvalue weighted by molar-refractivity contribution is 7.98. The van der Waals surface area contributed by atoms with E-state index in [9.17, 15) is 9.18 Å². The van der Waals surface area contributed by atoms with Crippen LogP contribution in [0, 0.1) is 5.82 Å². The Morgan fingerprint density at radius 1 is 1.39 bits per heavy atom. The number of halogens is 1. The molecule has 0 bridgehead atoms. The van der Waals surface area contributed by atoms with Crippen molar-refractivity contribution >= 4 is 34.7 Å². The second-order valence-corrected chi connectivity index (χ2v) is 8.33. The van der Waals surface area contributed by atoms with E-state index < -0.39 is 17.5 Å². The summed E-state index contributed by atoms with van der Waals surface area (Å²) in [6.07, 6.45) is 4.76. The number of rotatable bonds is 7. The van der Waals surface area contributed by atoms with Crippen molar-refractivity contribution in [1.82, 2.24) is 14.9 Å². The molecule has 1 amide bonds. The zero-order chi connectivity index (χ0) is 22.0. The summed E-state index contributed by atoms with van der Waals surface area (Å²) in [7, 11) is 0. The summed E-state index contributed by atoms with van der Waals surface area (Å²) in [6, 6.07) is 8.30. The standard InChI is InChI=1S/C21H23FN4O4S/c1-21(2)28-10-14(30-21)11-29-25-20(27)16-8-13-6-7-23-12-26(13)19(16)24-18-5-4-15(31-3)9-17(18)22/h4-9,12,14,24H,10-11H2,1-3H3,(H,25,27)/t14-/m1/s1. The molecule has 0 radical (unpaired) electrons. The Hall–Kier alpha value is -2.66. The van der Waals surface area contributed by atoms with E-state index in [0.29, 0.717) is 12.4 Å². The van der Waals surface area contributed by atoms with Gasteiger partial charge in [0.15, 0.2) is 5.79 Å². The van der Waals surface area contributed by atoms with E-state index in [1.165, 1.54) is 17.8 Å². The monoisotopic (exact) mass is 446 g/mol. The molecule has 1 atom stereocenters. The normalized spacial score (nSPS) is 17.7. The molecular formula is C21H23FN4O4S. The summed E-state index contributed by atoms with van der Waals surface area (Å²) in [4.78, 5) is 23.1. The fourth-order valence-corrected chi connectivity index (χ4v) is 3.70. The molecule has 1 aromatic carbocycles. The van der Waals surface area contributed by atoms with E-state index in [1.807, 2.05) is 20.1 Å². The van der Waals surface area contributed by atoms with Gasteiger partial charge in [0.2, 0.25) is 0 Å². The Balaban J connectivity index is 1.53. The summed E-state index contributed by atoms with van der Waals surface area (Å²) in [5.41, 5.74) is 3.68. The number of anilines is 2. The van der Waals surface area contributed by atoms with Crippen LogP contribution in [-0.2, 0) is 14.3 Å². The first-order chi connectivity index (χ1) is 14.9. The topological polar surface area (TPSA) is 86.1 Å². The van der Waals surface area contributed by atoms with Gasteiger partial charge in [-0.05, 0) is 50.4 Å². The summed E-state index contributed by atoms with van der Waals surface area (Å²) in [5.74, 6) is -1.20. The van der Waals surface area contributed by atoms with Crippen LogP contribution in [0.4, 0.5) is 15.9 Å². The predicted molar refractivity (Wildman–Crippen MR) is 115 cm³/mol. The van der Waals surface area contributed by atoms with Crippen molar-refractivity contribution < 1.29 is 23.5 Å². The van der Waals surface area contributed by atoms with Crippen LogP contribution in [0.2, 0.25) is 0 Å². The van der Waals surface area contributed by atoms with Crippen LogP contribution < -0.4 is 10.8 Å². The number of hydrogen-bond donors (Lipinski definition) is 2. The predicted octanol–water partition coefficient (Wildman–Crippen LogP) is 3.75. The van der Waals surface area contributed by atoms with Gasteiger partial charge in [0, 0.05) is 11.1 Å². The highest BCUT2D eigenvalue weighted by Gasteiger charge is 2.33. The first-order valence-corrected chi connectivity index (χ1v) is 10.9. The van der Waals surface area contributed by atoms with Crippen molar-refractivity contribution in [3.8, 4) is 0 Å². The SMILES string of the molecule is CSc1ccc(Nc2c(C(=O)NOC[C@H]3COC(C)(C)O3)cc3ccncn23)c(F)c1. The van der Waals surface area contributed by atoms with Gasteiger partial charge in [0.25, 0.3) is 5.91 Å². The highest BCUT2D eigenvalue weighted by atomic mass is 32.2. The molecule has 31 heavy (non-hydrogen) atoms. The second-order valence-electron chi connectivity index (χ2n) is 7.45. The fourth-order valence-electron chi connectivity index (χ4n) is 3.27. The first kappa shape index (κ1) is 21.6. The van der Waals surface area contributed by atoms with Crippen LogP contribution in [0.25, 0.3) is 5.52 Å². The van der Waals surface area contributed by atoms with Crippen LogP contribution in [-0.4, -0.2) is 46.7 Å². The van der Waals surface area contributed by atoms with Crippen LogP contribution in [0.5, 0.6) is 0 Å². The van der Waals surface area contributed by atoms with Gasteiger partial charge in [0.1, 0.15) is 30.7 Å². The number of aromatic nitrogens is 2. The fraction of sp³-hybridized carbons (Fsp3) is 0.333. The summed E-state index contributed by atoms with van der Waals surface area (Å²) in [5, 5.41) is 3.02. The summed E-state index contributed by atoms with van der Waals surface area (Å²) in [6.45, 7) is 4.14. The molecule has 164 valence electrons. The molecule has 10 heteroatoms. The number of amides is 1. The van der Waals surface area contributed by atoms with Crippen molar-refractivity contribution in [3.63, 3.8) is 0 Å². The zero-order valence-corrected chi connectivity index (χ0v) is 18.2. The van der Waals surface area contributed by atoms with Gasteiger partial charge in [-0.3, -0.25) is 14.0 Å². The largest absolute Gasteiger partial charge is 0.348 e. The molecule has 3 heterocycles. The third kappa shape index (κ3) is 4.82. The van der Waals surface area contributed by atoms with Gasteiger partial charge in [-0.25, -0.2) is 14.9 Å². The minimum atomic E-state index is -0.669. The highest BCUT2D eigenvalue weighted by Crippen LogP contribution is 2.29. The lowest BCUT2D eigenvalue weighted by atomic mass is 10.2. The summed E-state index contributed by atoms with van der Waals surface area (Å²) >= 11 is 1.45. The van der Waals surface area contributed by atoms with E-state index >= 15 is 0 Å². The van der Waals surface area contributed by atoms with E-state index in [-0.39, 0.29) is 24.0 Å². The lowest BCUT2D eigenvalue weighted by Crippen LogP contribution is -2.30. The number of thioether (sulfide) groups is 1. The van der Waals surface area contributed by atoms with E-state index in [2.05, 4.69) is 15.8 Å². The average Bonchev–Trinajstić information content (AvgIpc) is 3.29. The maximum absolute atomic E-state index is 14.5. The molecule has 8 nitrogen and oxygen atoms in total. The Labute approximate surface area is 183 Å². The summed E-state index contributed by atoms with van der Waals surface area (Å²) < 4.78 is 27.4. The molecule has 0 spiro atoms. The molecule has 1 saturated heterocycles. The zero-order valence-electron chi connectivity index (χ0n) is 17.3. The molecule has 0 unspecified atom stereocenters. The van der Waals surface area contributed by atoms with Crippen LogP contribution in [0.15, 0.2) is 47.8 Å². The number of nitrogens with zero attached hydrogens (tertiary/aromatic N) is 2. The van der Waals surface area contributed by atoms with Crippen LogP contribution in [0.1, 0.15) is 24.2 Å². The number of benzene rings is 1. The molecule has 3 aromatic rings. The number of hydrogen-bond acceptors (Lipinski definition) is 7. The number of ether oxygens (including phenoxy) is 2. The molecular weight excluding hydrogens is 423 g/mol. The van der Waals surface area contributed by atoms with Gasteiger partial charge < -0.3 is 14.8 Å². The number of carbonyl (C=O) groups is 1. The van der Waals surface area contributed by atoms with E-state index in [0.717, 1.165) is 10.4 Å². The molecule has 0 aliphatic carbocycles. The lowest BCUT2D eigenvalue weighted by molar-refractivity contribution is -0.147. The van der Waals surface area contributed by atoms with Crippen LogP contribution >= 0.6 is 11.8 Å². The second kappa shape index (κ2) is 8.83. The number of hydroxylamine groups is 1. The Morgan fingerprint density at radius 3 is 2.94 bits per heavy atom. The van der Waals surface area contributed by atoms with Gasteiger partial charge in [0.05, 0.1) is 23.4 Å². The molecule has 0 saturated carbocycles. The molecule has 1 aliphatic rings. The van der Waals surface area contributed by atoms with Crippen molar-refractivity contribution in [2.75, 3.05) is 24.8 Å². The smallest absolute Gasteiger partial charge is 0.278 e. The van der Waals surface area contributed by atoms with E-state index in [1.54, 1.807) is 41.2 Å². The van der Waals surface area contributed by atoms with Gasteiger partial charge in [-0.1, -0.05) is 0 Å². The maximum atomic E-state index is 14.5. The third-order valence-electron chi connectivity index (χ3n) is 4.76.